The first-order chi connectivity index (χ1) is 9.77. The lowest BCUT2D eigenvalue weighted by molar-refractivity contribution is -0.131. The van der Waals surface area contributed by atoms with Crippen LogP contribution in [0.3, 0.4) is 0 Å². The molecular weight excluding hydrogens is 334 g/mol. The normalized spacial score (nSPS) is 18.8. The molecule has 3 amide bonds. The Balaban J connectivity index is 1.93. The summed E-state index contributed by atoms with van der Waals surface area (Å²) in [6.45, 7) is 6.53. The molecule has 2 rings (SSSR count). The van der Waals surface area contributed by atoms with E-state index in [0.717, 1.165) is 4.47 Å². The number of nitrogens with zero attached hydrogens (tertiary/aromatic N) is 1. The number of benzene rings is 1. The summed E-state index contributed by atoms with van der Waals surface area (Å²) in [5, 5.41) is 5.63. The lowest BCUT2D eigenvalue weighted by atomic mass is 10.1. The zero-order chi connectivity index (χ0) is 15.6. The van der Waals surface area contributed by atoms with Gasteiger partial charge in [-0.3, -0.25) is 4.79 Å². The van der Waals surface area contributed by atoms with Gasteiger partial charge in [0.2, 0.25) is 5.91 Å². The largest absolute Gasteiger partial charge is 0.336 e. The maximum Gasteiger partial charge on any atom is 0.319 e. The van der Waals surface area contributed by atoms with E-state index in [1.54, 1.807) is 4.90 Å². The van der Waals surface area contributed by atoms with Crippen molar-refractivity contribution in [2.45, 2.75) is 38.8 Å². The fraction of sp³-hybridized carbons (Fsp3) is 0.467. The summed E-state index contributed by atoms with van der Waals surface area (Å²) >= 11 is 3.38. The number of hydrogen-bond acceptors (Lipinski definition) is 2. The molecule has 1 aromatic carbocycles. The molecule has 0 aliphatic carbocycles. The maximum absolute atomic E-state index is 12.0. The zero-order valence-corrected chi connectivity index (χ0v) is 14.0. The Labute approximate surface area is 133 Å². The average Bonchev–Trinajstić information content (AvgIpc) is 2.73. The second-order valence-electron chi connectivity index (χ2n) is 6.15. The van der Waals surface area contributed by atoms with Gasteiger partial charge < -0.3 is 15.5 Å². The van der Waals surface area contributed by atoms with Gasteiger partial charge in [-0.2, -0.15) is 0 Å². The summed E-state index contributed by atoms with van der Waals surface area (Å²) in [6, 6.07) is 6.95. The molecule has 0 radical (unpaired) electrons. The fourth-order valence-electron chi connectivity index (χ4n) is 2.36. The van der Waals surface area contributed by atoms with Gasteiger partial charge in [0, 0.05) is 23.0 Å². The summed E-state index contributed by atoms with van der Waals surface area (Å²) in [6.07, 6.45) is 0.348. The number of carbonyl (C=O) groups is 2. The molecule has 114 valence electrons. The lowest BCUT2D eigenvalue weighted by Crippen LogP contribution is -2.45. The average molecular weight is 354 g/mol. The van der Waals surface area contributed by atoms with E-state index >= 15 is 0 Å². The molecular formula is C15H20BrN3O2. The van der Waals surface area contributed by atoms with Crippen LogP contribution in [0.15, 0.2) is 28.7 Å². The van der Waals surface area contributed by atoms with Crippen LogP contribution in [0.25, 0.3) is 0 Å². The van der Waals surface area contributed by atoms with E-state index in [2.05, 4.69) is 26.6 Å². The third-order valence-electron chi connectivity index (χ3n) is 3.39. The van der Waals surface area contributed by atoms with E-state index < -0.39 is 0 Å². The van der Waals surface area contributed by atoms with Crippen LogP contribution in [0.5, 0.6) is 0 Å². The molecule has 1 aromatic rings. The Morgan fingerprint density at radius 1 is 1.33 bits per heavy atom. The highest BCUT2D eigenvalue weighted by Gasteiger charge is 2.36. The van der Waals surface area contributed by atoms with Gasteiger partial charge in [-0.15, -0.1) is 0 Å². The van der Waals surface area contributed by atoms with Gasteiger partial charge in [0.25, 0.3) is 0 Å². The predicted octanol–water partition coefficient (Wildman–Crippen LogP) is 2.97. The topological polar surface area (TPSA) is 61.4 Å². The summed E-state index contributed by atoms with van der Waals surface area (Å²) in [5.41, 5.74) is 0.485. The molecule has 21 heavy (non-hydrogen) atoms. The number of halogens is 1. The molecule has 1 heterocycles. The maximum atomic E-state index is 12.0. The highest BCUT2D eigenvalue weighted by molar-refractivity contribution is 9.10. The summed E-state index contributed by atoms with van der Waals surface area (Å²) in [5.74, 6) is 0.0775. The number of anilines is 1. The number of para-hydroxylation sites is 1. The Morgan fingerprint density at radius 2 is 2.00 bits per heavy atom. The molecule has 0 bridgehead atoms. The minimum Gasteiger partial charge on any atom is -0.336 e. The molecule has 1 aliphatic rings. The number of urea groups is 1. The molecule has 6 heteroatoms. The number of likely N-dealkylation sites (tertiary alicyclic amines) is 1. The van der Waals surface area contributed by atoms with Gasteiger partial charge in [-0.25, -0.2) is 4.79 Å². The van der Waals surface area contributed by atoms with E-state index in [0.29, 0.717) is 18.7 Å². The predicted molar refractivity (Wildman–Crippen MR) is 86.2 cm³/mol. The van der Waals surface area contributed by atoms with Crippen LogP contribution < -0.4 is 10.6 Å². The smallest absolute Gasteiger partial charge is 0.319 e. The molecule has 1 unspecified atom stereocenters. The minimum absolute atomic E-state index is 0.0775. The lowest BCUT2D eigenvalue weighted by Gasteiger charge is -2.32. The first-order valence-electron chi connectivity index (χ1n) is 6.90. The van der Waals surface area contributed by atoms with Crippen molar-refractivity contribution in [1.29, 1.82) is 0 Å². The summed E-state index contributed by atoms with van der Waals surface area (Å²) in [4.78, 5) is 25.8. The Hall–Kier alpha value is -1.56. The van der Waals surface area contributed by atoms with Gasteiger partial charge >= 0.3 is 6.03 Å². The Kier molecular flexibility index (Phi) is 4.56. The van der Waals surface area contributed by atoms with Crippen molar-refractivity contribution in [2.75, 3.05) is 11.9 Å². The van der Waals surface area contributed by atoms with Crippen molar-refractivity contribution in [3.63, 3.8) is 0 Å². The molecule has 5 nitrogen and oxygen atoms in total. The van der Waals surface area contributed by atoms with E-state index in [1.165, 1.54) is 0 Å². The number of nitrogens with one attached hydrogen (secondary N) is 2. The highest BCUT2D eigenvalue weighted by Crippen LogP contribution is 2.23. The zero-order valence-electron chi connectivity index (χ0n) is 12.4. The van der Waals surface area contributed by atoms with Gasteiger partial charge in [0.15, 0.2) is 0 Å². The van der Waals surface area contributed by atoms with Crippen molar-refractivity contribution in [2.24, 2.45) is 0 Å². The second kappa shape index (κ2) is 6.05. The van der Waals surface area contributed by atoms with Crippen LogP contribution in [0.1, 0.15) is 27.2 Å². The van der Waals surface area contributed by atoms with Crippen LogP contribution in [0.4, 0.5) is 10.5 Å². The standard InChI is InChI=1S/C15H20BrN3O2/c1-15(2,3)19-9-10(8-13(19)20)17-14(21)18-12-7-5-4-6-11(12)16/h4-7,10H,8-9H2,1-3H3,(H2,17,18,21). The van der Waals surface area contributed by atoms with E-state index in [4.69, 9.17) is 0 Å². The van der Waals surface area contributed by atoms with Gasteiger partial charge in [-0.05, 0) is 48.8 Å². The molecule has 0 saturated carbocycles. The molecule has 0 spiro atoms. The number of amides is 3. The van der Waals surface area contributed by atoms with Crippen molar-refractivity contribution >= 4 is 33.6 Å². The fourth-order valence-corrected chi connectivity index (χ4v) is 2.74. The first-order valence-corrected chi connectivity index (χ1v) is 7.69. The number of carbonyl (C=O) groups excluding carboxylic acids is 2. The second-order valence-corrected chi connectivity index (χ2v) is 7.01. The van der Waals surface area contributed by atoms with E-state index in [-0.39, 0.29) is 23.5 Å². The van der Waals surface area contributed by atoms with Gasteiger partial charge in [0.1, 0.15) is 0 Å². The third-order valence-corrected chi connectivity index (χ3v) is 4.08. The van der Waals surface area contributed by atoms with Crippen molar-refractivity contribution in [1.82, 2.24) is 10.2 Å². The van der Waals surface area contributed by atoms with Crippen molar-refractivity contribution in [3.05, 3.63) is 28.7 Å². The Morgan fingerprint density at radius 3 is 2.57 bits per heavy atom. The molecule has 2 N–H and O–H groups in total. The van der Waals surface area contributed by atoms with Crippen molar-refractivity contribution in [3.8, 4) is 0 Å². The first kappa shape index (κ1) is 15.8. The van der Waals surface area contributed by atoms with Crippen LogP contribution in [0.2, 0.25) is 0 Å². The van der Waals surface area contributed by atoms with Crippen LogP contribution in [-0.2, 0) is 4.79 Å². The number of rotatable bonds is 2. The Bertz CT molecular complexity index is 554. The van der Waals surface area contributed by atoms with Gasteiger partial charge in [0.05, 0.1) is 11.7 Å². The quantitative estimate of drug-likeness (QED) is 0.858. The molecule has 1 saturated heterocycles. The third kappa shape index (κ3) is 3.97. The summed E-state index contributed by atoms with van der Waals surface area (Å²) in [7, 11) is 0. The summed E-state index contributed by atoms with van der Waals surface area (Å²) < 4.78 is 0.818. The molecule has 0 aromatic heterocycles. The van der Waals surface area contributed by atoms with Crippen LogP contribution >= 0.6 is 15.9 Å². The minimum atomic E-state index is -0.296. The molecule has 1 atom stereocenters. The van der Waals surface area contributed by atoms with Crippen LogP contribution in [-0.4, -0.2) is 35.0 Å². The highest BCUT2D eigenvalue weighted by atomic mass is 79.9. The van der Waals surface area contributed by atoms with E-state index in [9.17, 15) is 9.59 Å². The molecule has 1 fully saturated rings. The van der Waals surface area contributed by atoms with Crippen LogP contribution in [0, 0.1) is 0 Å². The number of hydrogen-bond donors (Lipinski definition) is 2. The van der Waals surface area contributed by atoms with Gasteiger partial charge in [-0.1, -0.05) is 12.1 Å². The molecule has 1 aliphatic heterocycles. The van der Waals surface area contributed by atoms with E-state index in [1.807, 2.05) is 45.0 Å². The SMILES string of the molecule is CC(C)(C)N1CC(NC(=O)Nc2ccccc2Br)CC1=O. The monoisotopic (exact) mass is 353 g/mol. The van der Waals surface area contributed by atoms with Crippen molar-refractivity contribution < 1.29 is 9.59 Å².